The molecule has 0 spiro atoms. The average Bonchev–Trinajstić information content (AvgIpc) is 2.49. The third-order valence-corrected chi connectivity index (χ3v) is 3.39. The van der Waals surface area contributed by atoms with Gasteiger partial charge in [-0.25, -0.2) is 0 Å². The molecule has 0 saturated carbocycles. The van der Waals surface area contributed by atoms with E-state index in [4.69, 9.17) is 17.3 Å². The second-order valence-corrected chi connectivity index (χ2v) is 5.57. The van der Waals surface area contributed by atoms with Gasteiger partial charge in [-0.05, 0) is 31.0 Å². The Bertz CT molecular complexity index is 580. The van der Waals surface area contributed by atoms with Crippen LogP contribution in [-0.2, 0) is 4.79 Å². The molecule has 1 rings (SSSR count). The third-order valence-electron chi connectivity index (χ3n) is 3.06. The number of anilines is 1. The molecule has 0 bridgehead atoms. The Balaban J connectivity index is 2.20. The highest BCUT2D eigenvalue weighted by molar-refractivity contribution is 6.34. The summed E-state index contributed by atoms with van der Waals surface area (Å²) < 4.78 is 35.8. The summed E-state index contributed by atoms with van der Waals surface area (Å²) in [5, 5.41) is 5.27. The quantitative estimate of drug-likeness (QED) is 0.489. The molecular formula is C15H19ClF3N3O2. The van der Waals surface area contributed by atoms with Crippen LogP contribution in [0.5, 0.6) is 0 Å². The Morgan fingerprint density at radius 2 is 1.79 bits per heavy atom. The SMILES string of the molecule is Nc1ccc(Cl)c(C(=O)NCCCC(=O)NCCCC(F)(F)F)c1. The summed E-state index contributed by atoms with van der Waals surface area (Å²) in [6.07, 6.45) is -4.82. The van der Waals surface area contributed by atoms with E-state index in [0.717, 1.165) is 0 Å². The first-order valence-corrected chi connectivity index (χ1v) is 7.73. The number of nitrogens with two attached hydrogens (primary N) is 1. The smallest absolute Gasteiger partial charge is 0.389 e. The Kier molecular flexibility index (Phi) is 7.84. The summed E-state index contributed by atoms with van der Waals surface area (Å²) in [6, 6.07) is 4.54. The molecule has 0 saturated heterocycles. The maximum Gasteiger partial charge on any atom is 0.389 e. The van der Waals surface area contributed by atoms with E-state index in [0.29, 0.717) is 12.1 Å². The van der Waals surface area contributed by atoms with Crippen molar-refractivity contribution < 1.29 is 22.8 Å². The van der Waals surface area contributed by atoms with Gasteiger partial charge < -0.3 is 16.4 Å². The topological polar surface area (TPSA) is 84.2 Å². The van der Waals surface area contributed by atoms with Crippen LogP contribution in [0.25, 0.3) is 0 Å². The van der Waals surface area contributed by atoms with Crippen LogP contribution in [0.3, 0.4) is 0 Å². The number of alkyl halides is 3. The lowest BCUT2D eigenvalue weighted by atomic mass is 10.2. The van der Waals surface area contributed by atoms with Gasteiger partial charge in [0.1, 0.15) is 0 Å². The highest BCUT2D eigenvalue weighted by atomic mass is 35.5. The molecule has 0 aliphatic carbocycles. The number of hydrogen-bond acceptors (Lipinski definition) is 3. The van der Waals surface area contributed by atoms with Crippen molar-refractivity contribution in [2.24, 2.45) is 0 Å². The lowest BCUT2D eigenvalue weighted by Gasteiger charge is -2.09. The lowest BCUT2D eigenvalue weighted by Crippen LogP contribution is -2.28. The minimum Gasteiger partial charge on any atom is -0.399 e. The van der Waals surface area contributed by atoms with E-state index in [9.17, 15) is 22.8 Å². The maximum atomic E-state index is 11.9. The molecule has 0 unspecified atom stereocenters. The van der Waals surface area contributed by atoms with Gasteiger partial charge in [-0.15, -0.1) is 0 Å². The highest BCUT2D eigenvalue weighted by Gasteiger charge is 2.25. The van der Waals surface area contributed by atoms with E-state index >= 15 is 0 Å². The molecule has 0 heterocycles. The van der Waals surface area contributed by atoms with Crippen molar-refractivity contribution in [2.45, 2.75) is 31.9 Å². The number of rotatable bonds is 8. The summed E-state index contributed by atoms with van der Waals surface area (Å²) in [5.41, 5.74) is 6.23. The summed E-state index contributed by atoms with van der Waals surface area (Å²) in [6.45, 7) is 0.212. The Hall–Kier alpha value is -1.96. The van der Waals surface area contributed by atoms with Gasteiger partial charge >= 0.3 is 6.18 Å². The van der Waals surface area contributed by atoms with Gasteiger partial charge in [0.2, 0.25) is 5.91 Å². The molecule has 0 radical (unpaired) electrons. The molecule has 0 fully saturated rings. The first-order valence-electron chi connectivity index (χ1n) is 7.36. The van der Waals surface area contributed by atoms with Gasteiger partial charge in [0.25, 0.3) is 5.91 Å². The Labute approximate surface area is 142 Å². The molecule has 0 atom stereocenters. The van der Waals surface area contributed by atoms with E-state index in [2.05, 4.69) is 10.6 Å². The van der Waals surface area contributed by atoms with E-state index < -0.39 is 18.5 Å². The van der Waals surface area contributed by atoms with Gasteiger partial charge in [-0.1, -0.05) is 11.6 Å². The molecular weight excluding hydrogens is 347 g/mol. The zero-order valence-corrected chi connectivity index (χ0v) is 13.6. The first kappa shape index (κ1) is 20.1. The molecule has 134 valence electrons. The summed E-state index contributed by atoms with van der Waals surface area (Å²) in [7, 11) is 0. The van der Waals surface area contributed by atoms with E-state index in [1.54, 1.807) is 6.07 Å². The van der Waals surface area contributed by atoms with Gasteiger partial charge in [0.05, 0.1) is 10.6 Å². The molecule has 5 nitrogen and oxygen atoms in total. The van der Waals surface area contributed by atoms with Crippen LogP contribution in [0.4, 0.5) is 18.9 Å². The van der Waals surface area contributed by atoms with Crippen LogP contribution < -0.4 is 16.4 Å². The van der Waals surface area contributed by atoms with Crippen LogP contribution in [0.15, 0.2) is 18.2 Å². The van der Waals surface area contributed by atoms with Crippen LogP contribution in [0.2, 0.25) is 5.02 Å². The minimum absolute atomic E-state index is 0.0242. The third kappa shape index (κ3) is 8.05. The van der Waals surface area contributed by atoms with E-state index in [1.165, 1.54) is 12.1 Å². The number of nitrogen functional groups attached to an aromatic ring is 1. The van der Waals surface area contributed by atoms with Gasteiger partial charge in [-0.3, -0.25) is 9.59 Å². The number of amides is 2. The van der Waals surface area contributed by atoms with Crippen molar-refractivity contribution in [3.63, 3.8) is 0 Å². The molecule has 0 aromatic heterocycles. The number of nitrogens with one attached hydrogen (secondary N) is 2. The average molecular weight is 366 g/mol. The molecule has 24 heavy (non-hydrogen) atoms. The largest absolute Gasteiger partial charge is 0.399 e. The number of hydrogen-bond donors (Lipinski definition) is 3. The van der Waals surface area contributed by atoms with Crippen molar-refractivity contribution >= 4 is 29.1 Å². The van der Waals surface area contributed by atoms with Crippen molar-refractivity contribution in [2.75, 3.05) is 18.8 Å². The molecule has 2 amide bonds. The maximum absolute atomic E-state index is 11.9. The monoisotopic (exact) mass is 365 g/mol. The fourth-order valence-corrected chi connectivity index (χ4v) is 2.07. The minimum atomic E-state index is -4.21. The number of carbonyl (C=O) groups excluding carboxylic acids is 2. The molecule has 4 N–H and O–H groups in total. The molecule has 0 aliphatic rings. The lowest BCUT2D eigenvalue weighted by molar-refractivity contribution is -0.136. The van der Waals surface area contributed by atoms with Crippen LogP contribution >= 0.6 is 11.6 Å². The summed E-state index contributed by atoms with van der Waals surface area (Å²) in [5.74, 6) is -0.758. The Morgan fingerprint density at radius 1 is 1.12 bits per heavy atom. The zero-order chi connectivity index (χ0) is 18.2. The molecule has 1 aromatic carbocycles. The van der Waals surface area contributed by atoms with Crippen molar-refractivity contribution in [3.05, 3.63) is 28.8 Å². The highest BCUT2D eigenvalue weighted by Crippen LogP contribution is 2.20. The fourth-order valence-electron chi connectivity index (χ4n) is 1.87. The predicted molar refractivity (Wildman–Crippen MR) is 85.7 cm³/mol. The van der Waals surface area contributed by atoms with E-state index in [-0.39, 0.29) is 42.4 Å². The van der Waals surface area contributed by atoms with Gasteiger partial charge in [0.15, 0.2) is 0 Å². The van der Waals surface area contributed by atoms with Crippen molar-refractivity contribution in [3.8, 4) is 0 Å². The van der Waals surface area contributed by atoms with Crippen LogP contribution in [0.1, 0.15) is 36.0 Å². The van der Waals surface area contributed by atoms with Crippen molar-refractivity contribution in [1.29, 1.82) is 0 Å². The molecule has 9 heteroatoms. The second kappa shape index (κ2) is 9.36. The summed E-state index contributed by atoms with van der Waals surface area (Å²) >= 11 is 5.90. The second-order valence-electron chi connectivity index (χ2n) is 5.17. The van der Waals surface area contributed by atoms with Gasteiger partial charge in [0, 0.05) is 31.6 Å². The molecule has 1 aromatic rings. The van der Waals surface area contributed by atoms with Crippen LogP contribution in [0, 0.1) is 0 Å². The Morgan fingerprint density at radius 3 is 2.46 bits per heavy atom. The number of halogens is 4. The molecule has 0 aliphatic heterocycles. The number of carbonyl (C=O) groups is 2. The normalized spacial score (nSPS) is 11.2. The zero-order valence-electron chi connectivity index (χ0n) is 12.9. The summed E-state index contributed by atoms with van der Waals surface area (Å²) in [4.78, 5) is 23.3. The van der Waals surface area contributed by atoms with Crippen LogP contribution in [-0.4, -0.2) is 31.1 Å². The van der Waals surface area contributed by atoms with E-state index in [1.807, 2.05) is 0 Å². The first-order chi connectivity index (χ1) is 11.2. The number of benzene rings is 1. The van der Waals surface area contributed by atoms with Crippen molar-refractivity contribution in [1.82, 2.24) is 10.6 Å². The van der Waals surface area contributed by atoms with Gasteiger partial charge in [-0.2, -0.15) is 13.2 Å². The standard InChI is InChI=1S/C15H19ClF3N3O2/c16-12-5-4-10(20)9-11(12)14(24)22-7-1-3-13(23)21-8-2-6-15(17,18)19/h4-5,9H,1-3,6-8,20H2,(H,21,23)(H,22,24). The predicted octanol–water partition coefficient (Wildman–Crippen LogP) is 2.89. The fraction of sp³-hybridized carbons (Fsp3) is 0.467.